The minimum atomic E-state index is -1.00. The van der Waals surface area contributed by atoms with Crippen LogP contribution in [0.25, 0.3) is 0 Å². The minimum Gasteiger partial charge on any atom is -0.477 e. The SMILES string of the molecule is C=CCOC(=O)Nc1nc(C2CCCC2)c(C(=O)O)s1. The van der Waals surface area contributed by atoms with Crippen LogP contribution in [0.15, 0.2) is 12.7 Å². The summed E-state index contributed by atoms with van der Waals surface area (Å²) < 4.78 is 4.78. The second-order valence-electron chi connectivity index (χ2n) is 4.53. The van der Waals surface area contributed by atoms with Gasteiger partial charge in [0.1, 0.15) is 11.5 Å². The Kier molecular flexibility index (Phi) is 4.73. The van der Waals surface area contributed by atoms with Crippen LogP contribution < -0.4 is 5.32 Å². The largest absolute Gasteiger partial charge is 0.477 e. The van der Waals surface area contributed by atoms with Gasteiger partial charge in [0.25, 0.3) is 0 Å². The van der Waals surface area contributed by atoms with Crippen LogP contribution in [0.5, 0.6) is 0 Å². The topological polar surface area (TPSA) is 88.5 Å². The molecule has 1 amide bonds. The predicted molar refractivity (Wildman–Crippen MR) is 75.5 cm³/mol. The van der Waals surface area contributed by atoms with Crippen molar-refractivity contribution >= 4 is 28.5 Å². The van der Waals surface area contributed by atoms with Crippen LogP contribution >= 0.6 is 11.3 Å². The number of hydrogen-bond donors (Lipinski definition) is 2. The number of thiazole rings is 1. The van der Waals surface area contributed by atoms with Crippen molar-refractivity contribution in [2.24, 2.45) is 0 Å². The van der Waals surface area contributed by atoms with Gasteiger partial charge in [-0.15, -0.1) is 0 Å². The highest BCUT2D eigenvalue weighted by Gasteiger charge is 2.27. The Hall–Kier alpha value is -1.89. The van der Waals surface area contributed by atoms with Crippen molar-refractivity contribution in [3.05, 3.63) is 23.2 Å². The number of hydrogen-bond acceptors (Lipinski definition) is 5. The number of ether oxygens (including phenoxy) is 1. The highest BCUT2D eigenvalue weighted by molar-refractivity contribution is 7.17. The number of amides is 1. The lowest BCUT2D eigenvalue weighted by atomic mass is 10.0. The standard InChI is InChI=1S/C13H16N2O4S/c1-2-7-19-13(18)15-12-14-9(8-5-3-4-6-8)10(20-12)11(16)17/h2,8H,1,3-7H2,(H,16,17)(H,14,15,18). The molecule has 1 saturated carbocycles. The monoisotopic (exact) mass is 296 g/mol. The first-order valence-electron chi connectivity index (χ1n) is 6.40. The van der Waals surface area contributed by atoms with E-state index in [2.05, 4.69) is 16.9 Å². The summed E-state index contributed by atoms with van der Waals surface area (Å²) in [5.74, 6) is -0.825. The number of rotatable bonds is 5. The van der Waals surface area contributed by atoms with Crippen LogP contribution in [0.4, 0.5) is 9.93 Å². The first-order chi connectivity index (χ1) is 9.61. The summed E-state index contributed by atoms with van der Waals surface area (Å²) in [7, 11) is 0. The molecular weight excluding hydrogens is 280 g/mol. The van der Waals surface area contributed by atoms with Crippen LogP contribution in [0.2, 0.25) is 0 Å². The Balaban J connectivity index is 2.14. The summed E-state index contributed by atoms with van der Waals surface area (Å²) in [5, 5.41) is 11.9. The zero-order valence-electron chi connectivity index (χ0n) is 10.9. The van der Waals surface area contributed by atoms with Gasteiger partial charge < -0.3 is 9.84 Å². The zero-order valence-corrected chi connectivity index (χ0v) is 11.7. The van der Waals surface area contributed by atoms with E-state index < -0.39 is 12.1 Å². The fourth-order valence-electron chi connectivity index (χ4n) is 2.27. The minimum absolute atomic E-state index is 0.0957. The Bertz CT molecular complexity index is 520. The molecule has 0 unspecified atom stereocenters. The van der Waals surface area contributed by atoms with E-state index in [4.69, 9.17) is 4.74 Å². The predicted octanol–water partition coefficient (Wildman–Crippen LogP) is 3.23. The van der Waals surface area contributed by atoms with E-state index in [0.717, 1.165) is 37.0 Å². The number of aromatic nitrogens is 1. The summed E-state index contributed by atoms with van der Waals surface area (Å²) in [5.41, 5.74) is 0.582. The number of aromatic carboxylic acids is 1. The van der Waals surface area contributed by atoms with Crippen molar-refractivity contribution in [1.82, 2.24) is 4.98 Å². The second kappa shape index (κ2) is 6.51. The fraction of sp³-hybridized carbons (Fsp3) is 0.462. The van der Waals surface area contributed by atoms with Gasteiger partial charge in [0, 0.05) is 5.92 Å². The van der Waals surface area contributed by atoms with Crippen molar-refractivity contribution in [3.8, 4) is 0 Å². The molecule has 1 aromatic rings. The van der Waals surface area contributed by atoms with Crippen LogP contribution in [0.1, 0.15) is 47.0 Å². The first kappa shape index (κ1) is 14.5. The Labute approximate surface area is 120 Å². The maximum atomic E-state index is 11.4. The quantitative estimate of drug-likeness (QED) is 0.814. The van der Waals surface area contributed by atoms with Gasteiger partial charge >= 0.3 is 12.1 Å². The van der Waals surface area contributed by atoms with Gasteiger partial charge in [0.15, 0.2) is 5.13 Å². The van der Waals surface area contributed by atoms with E-state index in [1.54, 1.807) is 0 Å². The lowest BCUT2D eigenvalue weighted by molar-refractivity contribution is 0.0700. The highest BCUT2D eigenvalue weighted by Crippen LogP contribution is 2.38. The van der Waals surface area contributed by atoms with Gasteiger partial charge in [-0.2, -0.15) is 0 Å². The molecule has 1 aromatic heterocycles. The Morgan fingerprint density at radius 3 is 2.80 bits per heavy atom. The fourth-order valence-corrected chi connectivity index (χ4v) is 3.15. The summed E-state index contributed by atoms with van der Waals surface area (Å²) in [4.78, 5) is 27.1. The number of carbonyl (C=O) groups excluding carboxylic acids is 1. The van der Waals surface area contributed by atoms with E-state index in [1.807, 2.05) is 0 Å². The maximum absolute atomic E-state index is 11.4. The number of carboxylic acid groups (broad SMARTS) is 1. The van der Waals surface area contributed by atoms with Crippen molar-refractivity contribution in [2.45, 2.75) is 31.6 Å². The third kappa shape index (κ3) is 3.36. The molecule has 0 atom stereocenters. The van der Waals surface area contributed by atoms with Crippen molar-refractivity contribution in [1.29, 1.82) is 0 Å². The number of carboxylic acids is 1. The summed E-state index contributed by atoms with van der Waals surface area (Å²) in [6.07, 6.45) is 4.87. The van der Waals surface area contributed by atoms with Crippen LogP contribution in [-0.4, -0.2) is 28.8 Å². The molecule has 0 spiro atoms. The average Bonchev–Trinajstić information content (AvgIpc) is 3.04. The third-order valence-corrected chi connectivity index (χ3v) is 4.11. The molecule has 7 heteroatoms. The third-order valence-electron chi connectivity index (χ3n) is 3.13. The summed E-state index contributed by atoms with van der Waals surface area (Å²) in [6.45, 7) is 3.53. The molecule has 0 radical (unpaired) electrons. The summed E-state index contributed by atoms with van der Waals surface area (Å²) >= 11 is 0.968. The Morgan fingerprint density at radius 2 is 2.20 bits per heavy atom. The smallest absolute Gasteiger partial charge is 0.413 e. The van der Waals surface area contributed by atoms with E-state index in [9.17, 15) is 14.7 Å². The van der Waals surface area contributed by atoms with Crippen molar-refractivity contribution < 1.29 is 19.4 Å². The van der Waals surface area contributed by atoms with Gasteiger partial charge in [-0.3, -0.25) is 5.32 Å². The second-order valence-corrected chi connectivity index (χ2v) is 5.53. The molecule has 0 aromatic carbocycles. The molecule has 2 N–H and O–H groups in total. The van der Waals surface area contributed by atoms with Crippen molar-refractivity contribution in [2.75, 3.05) is 11.9 Å². The molecule has 1 fully saturated rings. The normalized spacial score (nSPS) is 15.0. The van der Waals surface area contributed by atoms with Crippen molar-refractivity contribution in [3.63, 3.8) is 0 Å². The molecule has 1 heterocycles. The molecule has 0 saturated heterocycles. The number of nitrogens with one attached hydrogen (secondary N) is 1. The molecule has 2 rings (SSSR count). The molecule has 0 bridgehead atoms. The van der Waals surface area contributed by atoms with E-state index in [-0.39, 0.29) is 22.5 Å². The highest BCUT2D eigenvalue weighted by atomic mass is 32.1. The number of carbonyl (C=O) groups is 2. The molecule has 1 aliphatic carbocycles. The molecule has 108 valence electrons. The molecular formula is C13H16N2O4S. The van der Waals surface area contributed by atoms with Gasteiger partial charge in [-0.1, -0.05) is 36.8 Å². The first-order valence-corrected chi connectivity index (χ1v) is 7.22. The zero-order chi connectivity index (χ0) is 14.5. The lowest BCUT2D eigenvalue weighted by Gasteiger charge is -2.05. The van der Waals surface area contributed by atoms with E-state index in [1.165, 1.54) is 6.08 Å². The number of nitrogens with zero attached hydrogens (tertiary/aromatic N) is 1. The lowest BCUT2D eigenvalue weighted by Crippen LogP contribution is -2.13. The van der Waals surface area contributed by atoms with Gasteiger partial charge in [0.05, 0.1) is 5.69 Å². The van der Waals surface area contributed by atoms with Gasteiger partial charge in [0.2, 0.25) is 0 Å². The number of anilines is 1. The van der Waals surface area contributed by atoms with Crippen LogP contribution in [0, 0.1) is 0 Å². The molecule has 20 heavy (non-hydrogen) atoms. The maximum Gasteiger partial charge on any atom is 0.413 e. The molecule has 0 aliphatic heterocycles. The Morgan fingerprint density at radius 1 is 1.50 bits per heavy atom. The van der Waals surface area contributed by atoms with E-state index in [0.29, 0.717) is 5.69 Å². The molecule has 6 nitrogen and oxygen atoms in total. The summed E-state index contributed by atoms with van der Waals surface area (Å²) in [6, 6.07) is 0. The average molecular weight is 296 g/mol. The van der Waals surface area contributed by atoms with E-state index >= 15 is 0 Å². The van der Waals surface area contributed by atoms with Gasteiger partial charge in [-0.05, 0) is 12.8 Å². The van der Waals surface area contributed by atoms with Crippen LogP contribution in [-0.2, 0) is 4.74 Å². The van der Waals surface area contributed by atoms with Crippen LogP contribution in [0.3, 0.4) is 0 Å². The molecule has 1 aliphatic rings. The van der Waals surface area contributed by atoms with Gasteiger partial charge in [-0.25, -0.2) is 14.6 Å².